The Morgan fingerprint density at radius 3 is 2.91 bits per heavy atom. The van der Waals surface area contributed by atoms with Gasteiger partial charge in [-0.15, -0.1) is 0 Å². The van der Waals surface area contributed by atoms with Crippen molar-refractivity contribution in [3.63, 3.8) is 0 Å². The van der Waals surface area contributed by atoms with E-state index in [0.29, 0.717) is 16.6 Å². The van der Waals surface area contributed by atoms with Crippen molar-refractivity contribution in [3.05, 3.63) is 23.7 Å². The molecule has 2 aromatic rings. The number of nitrogens with two attached hydrogens (primary N) is 1. The number of halogens is 1. The molecule has 0 aromatic carbocycles. The molecule has 56 valence electrons. The molecule has 0 radical (unpaired) electrons. The van der Waals surface area contributed by atoms with E-state index in [4.69, 9.17) is 17.3 Å². The van der Waals surface area contributed by atoms with Crippen LogP contribution in [0.25, 0.3) is 5.65 Å². The largest absolute Gasteiger partial charge is 0.383 e. The lowest BCUT2D eigenvalue weighted by Gasteiger charge is -1.96. The van der Waals surface area contributed by atoms with E-state index in [1.165, 1.54) is 6.20 Å². The third-order valence-electron chi connectivity index (χ3n) is 1.40. The Morgan fingerprint density at radius 1 is 1.36 bits per heavy atom. The number of rotatable bonds is 0. The fourth-order valence-electron chi connectivity index (χ4n) is 0.927. The van der Waals surface area contributed by atoms with Crippen LogP contribution in [0.4, 0.5) is 5.82 Å². The van der Waals surface area contributed by atoms with Gasteiger partial charge in [-0.05, 0) is 0 Å². The molecule has 0 amide bonds. The zero-order valence-corrected chi connectivity index (χ0v) is 6.28. The monoisotopic (exact) mass is 168 g/mol. The van der Waals surface area contributed by atoms with Gasteiger partial charge in [0, 0.05) is 0 Å². The Kier molecular flexibility index (Phi) is 1.22. The van der Waals surface area contributed by atoms with E-state index >= 15 is 0 Å². The molecule has 2 heterocycles. The molecular formula is C6H5ClN4. The molecule has 0 saturated carbocycles. The Labute approximate surface area is 67.6 Å². The molecule has 11 heavy (non-hydrogen) atoms. The van der Waals surface area contributed by atoms with Gasteiger partial charge in [-0.3, -0.25) is 9.38 Å². The van der Waals surface area contributed by atoms with Crippen LogP contribution in [0.5, 0.6) is 0 Å². The van der Waals surface area contributed by atoms with Crippen LogP contribution in [0.1, 0.15) is 0 Å². The van der Waals surface area contributed by atoms with Crippen molar-refractivity contribution < 1.29 is 0 Å². The molecule has 0 unspecified atom stereocenters. The van der Waals surface area contributed by atoms with E-state index in [0.717, 1.165) is 0 Å². The Hall–Kier alpha value is -1.29. The maximum atomic E-state index is 5.78. The molecule has 2 N–H and O–H groups in total. The van der Waals surface area contributed by atoms with Gasteiger partial charge in [0.05, 0.1) is 18.6 Å². The number of fused-ring (bicyclic) bond motifs is 1. The number of hydrogen-bond acceptors (Lipinski definition) is 3. The molecule has 0 bridgehead atoms. The second-order valence-electron chi connectivity index (χ2n) is 2.11. The van der Waals surface area contributed by atoms with Crippen LogP contribution in [-0.2, 0) is 0 Å². The molecule has 0 aliphatic rings. The fraction of sp³-hybridized carbons (Fsp3) is 0. The summed E-state index contributed by atoms with van der Waals surface area (Å²) in [5, 5.41) is 0.470. The predicted molar refractivity (Wildman–Crippen MR) is 42.4 cm³/mol. The average molecular weight is 169 g/mol. The highest BCUT2D eigenvalue weighted by Crippen LogP contribution is 2.13. The van der Waals surface area contributed by atoms with E-state index in [9.17, 15) is 0 Å². The van der Waals surface area contributed by atoms with E-state index in [1.54, 1.807) is 16.8 Å². The molecule has 0 aliphatic heterocycles. The van der Waals surface area contributed by atoms with E-state index in [-0.39, 0.29) is 0 Å². The maximum Gasteiger partial charge on any atom is 0.158 e. The summed E-state index contributed by atoms with van der Waals surface area (Å²) in [6.07, 6.45) is 4.66. The van der Waals surface area contributed by atoms with Gasteiger partial charge in [0.25, 0.3) is 0 Å². The number of nitrogens with zero attached hydrogens (tertiary/aromatic N) is 3. The number of imidazole rings is 1. The number of nitrogen functional groups attached to an aromatic ring is 1. The normalized spacial score (nSPS) is 10.6. The second-order valence-corrected chi connectivity index (χ2v) is 2.49. The van der Waals surface area contributed by atoms with Crippen molar-refractivity contribution in [3.8, 4) is 0 Å². The number of anilines is 1. The maximum absolute atomic E-state index is 5.78. The summed E-state index contributed by atoms with van der Waals surface area (Å²) in [4.78, 5) is 7.82. The summed E-state index contributed by atoms with van der Waals surface area (Å²) in [6.45, 7) is 0. The highest BCUT2D eigenvalue weighted by Gasteiger charge is 2.01. The minimum Gasteiger partial charge on any atom is -0.383 e. The first-order chi connectivity index (χ1) is 5.29. The first-order valence-corrected chi connectivity index (χ1v) is 3.39. The molecule has 5 heteroatoms. The molecule has 2 rings (SSSR count). The van der Waals surface area contributed by atoms with Crippen LogP contribution in [0.3, 0.4) is 0 Å². The van der Waals surface area contributed by atoms with Crippen molar-refractivity contribution in [1.82, 2.24) is 14.4 Å². The van der Waals surface area contributed by atoms with Gasteiger partial charge in [0.1, 0.15) is 11.0 Å². The minimum atomic E-state index is 0.470. The van der Waals surface area contributed by atoms with Crippen molar-refractivity contribution in [2.45, 2.75) is 0 Å². The zero-order chi connectivity index (χ0) is 7.84. The van der Waals surface area contributed by atoms with E-state index in [2.05, 4.69) is 9.97 Å². The topological polar surface area (TPSA) is 56.2 Å². The van der Waals surface area contributed by atoms with Crippen LogP contribution in [0, 0.1) is 0 Å². The van der Waals surface area contributed by atoms with Gasteiger partial charge in [-0.25, -0.2) is 4.98 Å². The number of hydrogen-bond donors (Lipinski definition) is 1. The van der Waals surface area contributed by atoms with E-state index in [1.807, 2.05) is 0 Å². The zero-order valence-electron chi connectivity index (χ0n) is 5.53. The van der Waals surface area contributed by atoms with Crippen LogP contribution in [0.2, 0.25) is 5.15 Å². The molecule has 0 saturated heterocycles. The minimum absolute atomic E-state index is 0.470. The Bertz CT molecular complexity index is 394. The summed E-state index contributed by atoms with van der Waals surface area (Å²) in [5.74, 6) is 0.521. The first-order valence-electron chi connectivity index (χ1n) is 3.01. The quantitative estimate of drug-likeness (QED) is 0.638. The smallest absolute Gasteiger partial charge is 0.158 e. The van der Waals surface area contributed by atoms with Crippen molar-refractivity contribution in [2.24, 2.45) is 0 Å². The summed E-state index contributed by atoms with van der Waals surface area (Å²) in [7, 11) is 0. The third kappa shape index (κ3) is 0.832. The van der Waals surface area contributed by atoms with Crippen LogP contribution in [0.15, 0.2) is 18.6 Å². The summed E-state index contributed by atoms with van der Waals surface area (Å²) < 4.78 is 1.62. The summed E-state index contributed by atoms with van der Waals surface area (Å²) >= 11 is 5.78. The van der Waals surface area contributed by atoms with Crippen LogP contribution in [-0.4, -0.2) is 14.4 Å². The lowest BCUT2D eigenvalue weighted by atomic mass is 10.7. The van der Waals surface area contributed by atoms with Crippen LogP contribution >= 0.6 is 11.6 Å². The molecule has 4 nitrogen and oxygen atoms in total. The third-order valence-corrected chi connectivity index (χ3v) is 1.67. The van der Waals surface area contributed by atoms with Gasteiger partial charge in [-0.1, -0.05) is 11.6 Å². The Balaban J connectivity index is 2.96. The van der Waals surface area contributed by atoms with Crippen molar-refractivity contribution >= 4 is 23.1 Å². The lowest BCUT2D eigenvalue weighted by molar-refractivity contribution is 1.13. The highest BCUT2D eigenvalue weighted by atomic mass is 35.5. The second kappa shape index (κ2) is 2.10. The molecule has 0 aliphatic carbocycles. The van der Waals surface area contributed by atoms with Gasteiger partial charge >= 0.3 is 0 Å². The number of aromatic nitrogens is 3. The van der Waals surface area contributed by atoms with Gasteiger partial charge in [0.2, 0.25) is 0 Å². The lowest BCUT2D eigenvalue weighted by Crippen LogP contribution is -1.94. The van der Waals surface area contributed by atoms with E-state index < -0.39 is 0 Å². The molecule has 0 spiro atoms. The fourth-order valence-corrected chi connectivity index (χ4v) is 1.17. The highest BCUT2D eigenvalue weighted by molar-refractivity contribution is 6.29. The average Bonchev–Trinajstić information content (AvgIpc) is 2.34. The van der Waals surface area contributed by atoms with Gasteiger partial charge < -0.3 is 5.73 Å². The summed E-state index contributed by atoms with van der Waals surface area (Å²) in [6, 6.07) is 0. The van der Waals surface area contributed by atoms with Crippen molar-refractivity contribution in [2.75, 3.05) is 5.73 Å². The molecular weight excluding hydrogens is 164 g/mol. The molecule has 0 atom stereocenters. The van der Waals surface area contributed by atoms with Crippen molar-refractivity contribution in [1.29, 1.82) is 0 Å². The summed E-state index contributed by atoms with van der Waals surface area (Å²) in [5.41, 5.74) is 6.23. The van der Waals surface area contributed by atoms with Gasteiger partial charge in [-0.2, -0.15) is 0 Å². The standard InChI is InChI=1S/C6H5ClN4/c7-4-1-9-3-6-10-2-5(8)11(4)6/h1-3H,8H2. The molecule has 0 fully saturated rings. The van der Waals surface area contributed by atoms with Gasteiger partial charge in [0.15, 0.2) is 5.65 Å². The van der Waals surface area contributed by atoms with Crippen LogP contribution < -0.4 is 5.73 Å². The first kappa shape index (κ1) is 6.42. The molecule has 2 aromatic heterocycles. The Morgan fingerprint density at radius 2 is 2.18 bits per heavy atom. The predicted octanol–water partition coefficient (Wildman–Crippen LogP) is 0.965. The SMILES string of the molecule is Nc1cnc2cncc(Cl)n12.